The third-order valence-corrected chi connectivity index (χ3v) is 6.62. The molecule has 3 aromatic carbocycles. The molecule has 0 saturated carbocycles. The Morgan fingerprint density at radius 1 is 0.971 bits per heavy atom. The molecule has 0 aliphatic carbocycles. The fourth-order valence-corrected chi connectivity index (χ4v) is 4.78. The van der Waals surface area contributed by atoms with Gasteiger partial charge in [0.25, 0.3) is 10.0 Å². The normalized spacial score (nSPS) is 11.1. The summed E-state index contributed by atoms with van der Waals surface area (Å²) in [5.74, 6) is -5.43. The van der Waals surface area contributed by atoms with Crippen molar-refractivity contribution in [2.75, 3.05) is 30.4 Å². The number of carbonyl (C=O) groups excluding carboxylic acids is 1. The van der Waals surface area contributed by atoms with E-state index in [0.29, 0.717) is 17.4 Å². The maximum atomic E-state index is 14.0. The zero-order valence-electron chi connectivity index (χ0n) is 18.4. The summed E-state index contributed by atoms with van der Waals surface area (Å²) in [6, 6.07) is 11.9. The van der Waals surface area contributed by atoms with E-state index in [9.17, 15) is 26.4 Å². The van der Waals surface area contributed by atoms with Crippen LogP contribution in [-0.2, 0) is 14.8 Å². The van der Waals surface area contributed by atoms with Crippen molar-refractivity contribution in [2.24, 2.45) is 0 Å². The fourth-order valence-electron chi connectivity index (χ4n) is 3.13. The summed E-state index contributed by atoms with van der Waals surface area (Å²) in [6.45, 7) is 0.873. The number of hydrogen-bond acceptors (Lipinski definition) is 5. The summed E-state index contributed by atoms with van der Waals surface area (Å²) in [5.41, 5.74) is 0.0575. The van der Waals surface area contributed by atoms with Gasteiger partial charge in [-0.25, -0.2) is 21.6 Å². The summed E-state index contributed by atoms with van der Waals surface area (Å²) < 4.78 is 79.2. The molecule has 0 aliphatic rings. The summed E-state index contributed by atoms with van der Waals surface area (Å²) in [7, 11) is -1.70. The minimum absolute atomic E-state index is 0.0468. The summed E-state index contributed by atoms with van der Waals surface area (Å²) in [4.78, 5) is 12.5. The van der Waals surface area contributed by atoms with Crippen molar-refractivity contribution in [3.63, 3.8) is 0 Å². The van der Waals surface area contributed by atoms with E-state index in [1.165, 1.54) is 44.6 Å². The van der Waals surface area contributed by atoms with E-state index in [-0.39, 0.29) is 16.3 Å². The molecule has 11 heteroatoms. The zero-order chi connectivity index (χ0) is 25.0. The third-order valence-electron chi connectivity index (χ3n) is 4.82. The number of aryl methyl sites for hydroxylation is 1. The molecule has 0 unspecified atom stereocenters. The van der Waals surface area contributed by atoms with Crippen LogP contribution in [0, 0.1) is 24.4 Å². The lowest BCUT2D eigenvalue weighted by Gasteiger charge is -2.25. The van der Waals surface area contributed by atoms with Gasteiger partial charge in [-0.2, -0.15) is 0 Å². The monoisotopic (exact) mass is 494 g/mol. The Morgan fingerprint density at radius 3 is 2.38 bits per heavy atom. The third kappa shape index (κ3) is 5.09. The molecule has 0 bridgehead atoms. The smallest absolute Gasteiger partial charge is 0.268 e. The number of ether oxygens (including phenoxy) is 2. The van der Waals surface area contributed by atoms with Gasteiger partial charge in [-0.1, -0.05) is 12.1 Å². The van der Waals surface area contributed by atoms with E-state index >= 15 is 0 Å². The van der Waals surface area contributed by atoms with Crippen molar-refractivity contribution in [2.45, 2.75) is 11.8 Å². The van der Waals surface area contributed by atoms with E-state index in [4.69, 9.17) is 9.47 Å². The first kappa shape index (κ1) is 24.9. The van der Waals surface area contributed by atoms with Crippen molar-refractivity contribution < 1.29 is 35.9 Å². The van der Waals surface area contributed by atoms with Crippen molar-refractivity contribution in [1.29, 1.82) is 0 Å². The lowest BCUT2D eigenvalue weighted by atomic mass is 10.2. The number of hydrogen-bond donors (Lipinski definition) is 1. The van der Waals surface area contributed by atoms with Crippen LogP contribution in [0.1, 0.15) is 5.56 Å². The Labute approximate surface area is 194 Å². The summed E-state index contributed by atoms with van der Waals surface area (Å²) in [6.07, 6.45) is 0. The van der Waals surface area contributed by atoms with Gasteiger partial charge in [-0.3, -0.25) is 9.10 Å². The number of sulfonamides is 1. The molecule has 34 heavy (non-hydrogen) atoms. The molecule has 1 N–H and O–H groups in total. The molecule has 180 valence electrons. The van der Waals surface area contributed by atoms with Crippen LogP contribution in [0.2, 0.25) is 0 Å². The number of carbonyl (C=O) groups is 1. The molecule has 0 saturated heterocycles. The standard InChI is InChI=1S/C23H21F3N2O5S/c1-14-7-10-19(33-3)20(11-14)34(30,31)28(15-5-4-6-16(12-15)32-2)13-21(29)27-18-9-8-17(24)22(25)23(18)26/h4-12H,13H2,1-3H3,(H,27,29). The summed E-state index contributed by atoms with van der Waals surface area (Å²) >= 11 is 0. The predicted octanol–water partition coefficient (Wildman–Crippen LogP) is 4.26. The Kier molecular flexibility index (Phi) is 7.35. The van der Waals surface area contributed by atoms with Crippen LogP contribution in [-0.4, -0.2) is 35.1 Å². The van der Waals surface area contributed by atoms with Crippen molar-refractivity contribution in [3.8, 4) is 11.5 Å². The lowest BCUT2D eigenvalue weighted by Crippen LogP contribution is -2.38. The van der Waals surface area contributed by atoms with Crippen LogP contribution >= 0.6 is 0 Å². The number of halogens is 3. The molecule has 0 heterocycles. The Hall–Kier alpha value is -3.73. The molecule has 0 radical (unpaired) electrons. The van der Waals surface area contributed by atoms with Gasteiger partial charge in [-0.05, 0) is 48.9 Å². The van der Waals surface area contributed by atoms with E-state index in [0.717, 1.165) is 10.4 Å². The van der Waals surface area contributed by atoms with E-state index in [1.807, 2.05) is 0 Å². The number of nitrogens with zero attached hydrogens (tertiary/aromatic N) is 1. The topological polar surface area (TPSA) is 84.9 Å². The molecular formula is C23H21F3N2O5S. The SMILES string of the molecule is COc1cccc(N(CC(=O)Nc2ccc(F)c(F)c2F)S(=O)(=O)c2cc(C)ccc2OC)c1. The lowest BCUT2D eigenvalue weighted by molar-refractivity contribution is -0.114. The maximum absolute atomic E-state index is 14.0. The maximum Gasteiger partial charge on any atom is 0.268 e. The first-order valence-electron chi connectivity index (χ1n) is 9.83. The van der Waals surface area contributed by atoms with Crippen molar-refractivity contribution in [1.82, 2.24) is 0 Å². The summed E-state index contributed by atoms with van der Waals surface area (Å²) in [5, 5.41) is 2.08. The second kappa shape index (κ2) is 10.0. The minimum Gasteiger partial charge on any atom is -0.497 e. The molecule has 0 fully saturated rings. The van der Waals surface area contributed by atoms with E-state index < -0.39 is 45.6 Å². The van der Waals surface area contributed by atoms with Crippen LogP contribution in [0.4, 0.5) is 24.5 Å². The second-order valence-corrected chi connectivity index (χ2v) is 8.97. The fraction of sp³-hybridized carbons (Fsp3) is 0.174. The van der Waals surface area contributed by atoms with Crippen LogP contribution < -0.4 is 19.1 Å². The molecule has 7 nitrogen and oxygen atoms in total. The Morgan fingerprint density at radius 2 is 1.71 bits per heavy atom. The number of anilines is 2. The molecular weight excluding hydrogens is 473 g/mol. The average Bonchev–Trinajstić information content (AvgIpc) is 2.82. The second-order valence-electron chi connectivity index (χ2n) is 7.14. The average molecular weight is 494 g/mol. The first-order chi connectivity index (χ1) is 16.1. The Bertz CT molecular complexity index is 1330. The predicted molar refractivity (Wildman–Crippen MR) is 120 cm³/mol. The van der Waals surface area contributed by atoms with Gasteiger partial charge >= 0.3 is 0 Å². The molecule has 0 atom stereocenters. The van der Waals surface area contributed by atoms with Crippen LogP contribution in [0.3, 0.4) is 0 Å². The zero-order valence-corrected chi connectivity index (χ0v) is 19.3. The number of rotatable bonds is 8. The number of benzene rings is 3. The van der Waals surface area contributed by atoms with Gasteiger partial charge in [0.15, 0.2) is 17.5 Å². The van der Waals surface area contributed by atoms with Crippen LogP contribution in [0.5, 0.6) is 11.5 Å². The number of methoxy groups -OCH3 is 2. The first-order valence-corrected chi connectivity index (χ1v) is 11.3. The molecule has 1 amide bonds. The highest BCUT2D eigenvalue weighted by atomic mass is 32.2. The van der Waals surface area contributed by atoms with Crippen LogP contribution in [0.15, 0.2) is 59.5 Å². The van der Waals surface area contributed by atoms with Crippen LogP contribution in [0.25, 0.3) is 0 Å². The molecule has 3 aromatic rings. The number of nitrogens with one attached hydrogen (secondary N) is 1. The minimum atomic E-state index is -4.39. The van der Waals surface area contributed by atoms with E-state index in [1.54, 1.807) is 19.1 Å². The molecule has 3 rings (SSSR count). The molecule has 0 spiro atoms. The quantitative estimate of drug-likeness (QED) is 0.473. The van der Waals surface area contributed by atoms with Gasteiger partial charge in [0, 0.05) is 6.07 Å². The van der Waals surface area contributed by atoms with Gasteiger partial charge < -0.3 is 14.8 Å². The largest absolute Gasteiger partial charge is 0.497 e. The highest BCUT2D eigenvalue weighted by Gasteiger charge is 2.31. The molecule has 0 aliphatic heterocycles. The van der Waals surface area contributed by atoms with Gasteiger partial charge in [0.2, 0.25) is 5.91 Å². The number of amides is 1. The molecule has 0 aromatic heterocycles. The Balaban J connectivity index is 2.05. The highest BCUT2D eigenvalue weighted by Crippen LogP contribution is 2.32. The highest BCUT2D eigenvalue weighted by molar-refractivity contribution is 7.93. The van der Waals surface area contributed by atoms with Gasteiger partial charge in [0.1, 0.15) is 22.9 Å². The van der Waals surface area contributed by atoms with Gasteiger partial charge in [-0.15, -0.1) is 0 Å². The van der Waals surface area contributed by atoms with Crippen molar-refractivity contribution in [3.05, 3.63) is 77.6 Å². The van der Waals surface area contributed by atoms with Crippen molar-refractivity contribution >= 4 is 27.3 Å². The van der Waals surface area contributed by atoms with E-state index in [2.05, 4.69) is 5.32 Å². The van der Waals surface area contributed by atoms with Gasteiger partial charge in [0.05, 0.1) is 25.6 Å².